The number of benzene rings is 3. The van der Waals surface area contributed by atoms with Gasteiger partial charge in [0.1, 0.15) is 12.0 Å². The average molecular weight is 588 g/mol. The Labute approximate surface area is 253 Å². The van der Waals surface area contributed by atoms with Crippen molar-refractivity contribution in [2.24, 2.45) is 11.8 Å². The molecule has 0 aliphatic carbocycles. The number of carbonyl (C=O) groups excluding carboxylic acids is 4. The molecule has 2 atom stereocenters. The van der Waals surface area contributed by atoms with E-state index in [4.69, 9.17) is 9.57 Å². The van der Waals surface area contributed by atoms with E-state index in [-0.39, 0.29) is 18.4 Å². The number of amides is 3. The van der Waals surface area contributed by atoms with Crippen molar-refractivity contribution in [3.8, 4) is 0 Å². The van der Waals surface area contributed by atoms with Gasteiger partial charge in [-0.25, -0.2) is 10.3 Å². The number of hydrogen-bond donors (Lipinski definition) is 3. The normalized spacial score (nSPS) is 12.2. The molecule has 0 bridgehead atoms. The second kappa shape index (κ2) is 17.5. The minimum Gasteiger partial charge on any atom is -0.465 e. The van der Waals surface area contributed by atoms with E-state index >= 15 is 0 Å². The molecule has 0 aliphatic heterocycles. The van der Waals surface area contributed by atoms with Crippen molar-refractivity contribution in [3.63, 3.8) is 0 Å². The van der Waals surface area contributed by atoms with Gasteiger partial charge < -0.3 is 15.4 Å². The molecule has 1 unspecified atom stereocenters. The van der Waals surface area contributed by atoms with Gasteiger partial charge in [0.2, 0.25) is 11.8 Å². The van der Waals surface area contributed by atoms with E-state index in [2.05, 4.69) is 16.1 Å². The second-order valence-corrected chi connectivity index (χ2v) is 10.7. The molecule has 3 rings (SSSR count). The molecule has 0 aromatic heterocycles. The SMILES string of the molecule is COC(=O)c1ccc(CCNC(=O)[C@H](CCc2ccccc2)NC(=O)C(CC(C)C)C(=O)NOCc2ccccc2)cc1. The van der Waals surface area contributed by atoms with Gasteiger partial charge >= 0.3 is 5.97 Å². The number of hydroxylamine groups is 1. The molecule has 0 heterocycles. The van der Waals surface area contributed by atoms with Crippen LogP contribution in [0.5, 0.6) is 0 Å². The van der Waals surface area contributed by atoms with Crippen LogP contribution in [0.1, 0.15) is 53.7 Å². The van der Waals surface area contributed by atoms with Gasteiger partial charge in [0, 0.05) is 6.54 Å². The number of esters is 1. The van der Waals surface area contributed by atoms with Crippen LogP contribution in [0.3, 0.4) is 0 Å². The summed E-state index contributed by atoms with van der Waals surface area (Å²) in [4.78, 5) is 56.8. The fourth-order valence-corrected chi connectivity index (χ4v) is 4.52. The van der Waals surface area contributed by atoms with E-state index in [0.717, 1.165) is 16.7 Å². The summed E-state index contributed by atoms with van der Waals surface area (Å²) in [6, 6.07) is 25.2. The molecule has 3 aromatic carbocycles. The molecule has 0 radical (unpaired) electrons. The van der Waals surface area contributed by atoms with Gasteiger partial charge in [-0.3, -0.25) is 19.2 Å². The third-order valence-electron chi connectivity index (χ3n) is 6.88. The van der Waals surface area contributed by atoms with E-state index < -0.39 is 29.7 Å². The Morgan fingerprint density at radius 1 is 0.721 bits per heavy atom. The van der Waals surface area contributed by atoms with E-state index in [9.17, 15) is 19.2 Å². The molecular formula is C34H41N3O6. The molecule has 43 heavy (non-hydrogen) atoms. The molecule has 0 saturated carbocycles. The van der Waals surface area contributed by atoms with Crippen molar-refractivity contribution in [2.75, 3.05) is 13.7 Å². The fraction of sp³-hybridized carbons (Fsp3) is 0.353. The molecule has 3 N–H and O–H groups in total. The summed E-state index contributed by atoms with van der Waals surface area (Å²) in [7, 11) is 1.33. The fourth-order valence-electron chi connectivity index (χ4n) is 4.52. The zero-order valence-electron chi connectivity index (χ0n) is 25.0. The molecule has 0 fully saturated rings. The highest BCUT2D eigenvalue weighted by Gasteiger charge is 2.31. The highest BCUT2D eigenvalue weighted by atomic mass is 16.6. The second-order valence-electron chi connectivity index (χ2n) is 10.7. The van der Waals surface area contributed by atoms with Crippen LogP contribution in [-0.4, -0.2) is 43.4 Å². The Kier molecular flexibility index (Phi) is 13.4. The van der Waals surface area contributed by atoms with Crippen LogP contribution in [0.4, 0.5) is 0 Å². The lowest BCUT2D eigenvalue weighted by atomic mass is 9.94. The third kappa shape index (κ3) is 11.4. The van der Waals surface area contributed by atoms with Crippen LogP contribution in [0.2, 0.25) is 0 Å². The monoisotopic (exact) mass is 587 g/mol. The van der Waals surface area contributed by atoms with E-state index in [1.165, 1.54) is 7.11 Å². The van der Waals surface area contributed by atoms with Crippen molar-refractivity contribution in [2.45, 2.75) is 52.2 Å². The Morgan fingerprint density at radius 3 is 1.93 bits per heavy atom. The van der Waals surface area contributed by atoms with Crippen LogP contribution >= 0.6 is 0 Å². The zero-order valence-corrected chi connectivity index (χ0v) is 25.0. The van der Waals surface area contributed by atoms with Crippen LogP contribution in [-0.2, 0) is 43.4 Å². The van der Waals surface area contributed by atoms with Crippen molar-refractivity contribution in [1.29, 1.82) is 0 Å². The molecule has 9 nitrogen and oxygen atoms in total. The van der Waals surface area contributed by atoms with Crippen molar-refractivity contribution in [3.05, 3.63) is 107 Å². The first-order chi connectivity index (χ1) is 20.8. The number of carbonyl (C=O) groups is 4. The van der Waals surface area contributed by atoms with Crippen LogP contribution in [0.15, 0.2) is 84.9 Å². The largest absolute Gasteiger partial charge is 0.465 e. The van der Waals surface area contributed by atoms with Gasteiger partial charge in [0.25, 0.3) is 5.91 Å². The minimum atomic E-state index is -1.03. The standard InChI is InChI=1S/C34H41N3O6/c1-24(2)22-29(32(39)37-43-23-27-12-8-5-9-13-27)31(38)36-30(19-16-25-10-6-4-7-11-25)33(40)35-21-20-26-14-17-28(18-15-26)34(41)42-3/h4-15,17-18,24,29-30H,16,19-23H2,1-3H3,(H,35,40)(H,36,38)(H,37,39)/t29?,30-/m0/s1. The summed E-state index contributed by atoms with van der Waals surface area (Å²) in [5.41, 5.74) is 5.71. The Morgan fingerprint density at radius 2 is 1.33 bits per heavy atom. The summed E-state index contributed by atoms with van der Waals surface area (Å²) in [6.07, 6.45) is 1.75. The van der Waals surface area contributed by atoms with E-state index in [0.29, 0.717) is 37.8 Å². The maximum absolute atomic E-state index is 13.4. The average Bonchev–Trinajstić information content (AvgIpc) is 3.02. The Bertz CT molecular complexity index is 1310. The van der Waals surface area contributed by atoms with Crippen LogP contribution in [0, 0.1) is 11.8 Å². The summed E-state index contributed by atoms with van der Waals surface area (Å²) < 4.78 is 4.73. The molecule has 0 aliphatic rings. The van der Waals surface area contributed by atoms with Gasteiger partial charge in [0.15, 0.2) is 0 Å². The number of nitrogens with one attached hydrogen (secondary N) is 3. The minimum absolute atomic E-state index is 0.0535. The van der Waals surface area contributed by atoms with Crippen LogP contribution < -0.4 is 16.1 Å². The van der Waals surface area contributed by atoms with Gasteiger partial charge in [0.05, 0.1) is 19.3 Å². The summed E-state index contributed by atoms with van der Waals surface area (Å²) in [6.45, 7) is 4.35. The lowest BCUT2D eigenvalue weighted by Crippen LogP contribution is -2.51. The predicted molar refractivity (Wildman–Crippen MR) is 164 cm³/mol. The van der Waals surface area contributed by atoms with Gasteiger partial charge in [-0.15, -0.1) is 0 Å². The van der Waals surface area contributed by atoms with Crippen LogP contribution in [0.25, 0.3) is 0 Å². The molecule has 3 amide bonds. The molecule has 228 valence electrons. The highest BCUT2D eigenvalue weighted by molar-refractivity contribution is 6.01. The van der Waals surface area contributed by atoms with Crippen molar-refractivity contribution in [1.82, 2.24) is 16.1 Å². The molecule has 0 saturated heterocycles. The smallest absolute Gasteiger partial charge is 0.337 e. The summed E-state index contributed by atoms with van der Waals surface area (Å²) >= 11 is 0. The van der Waals surface area contributed by atoms with Gasteiger partial charge in [-0.05, 0) is 60.4 Å². The third-order valence-corrected chi connectivity index (χ3v) is 6.88. The maximum Gasteiger partial charge on any atom is 0.337 e. The Balaban J connectivity index is 1.63. The first-order valence-electron chi connectivity index (χ1n) is 14.5. The molecule has 3 aromatic rings. The van der Waals surface area contributed by atoms with Gasteiger partial charge in [-0.2, -0.15) is 0 Å². The quantitative estimate of drug-likeness (QED) is 0.131. The lowest BCUT2D eigenvalue weighted by molar-refractivity contribution is -0.146. The lowest BCUT2D eigenvalue weighted by Gasteiger charge is -2.23. The molecule has 0 spiro atoms. The van der Waals surface area contributed by atoms with E-state index in [1.54, 1.807) is 12.1 Å². The summed E-state index contributed by atoms with van der Waals surface area (Å²) in [5, 5.41) is 5.75. The predicted octanol–water partition coefficient (Wildman–Crippen LogP) is 4.16. The molecule has 9 heteroatoms. The number of methoxy groups -OCH3 is 1. The number of hydrogen-bond acceptors (Lipinski definition) is 6. The number of aryl methyl sites for hydroxylation is 1. The zero-order chi connectivity index (χ0) is 31.0. The number of ether oxygens (including phenoxy) is 1. The number of rotatable bonds is 16. The highest BCUT2D eigenvalue weighted by Crippen LogP contribution is 2.15. The maximum atomic E-state index is 13.4. The molecular weight excluding hydrogens is 546 g/mol. The van der Waals surface area contributed by atoms with E-state index in [1.807, 2.05) is 86.6 Å². The Hall–Kier alpha value is -4.50. The van der Waals surface area contributed by atoms with Crippen molar-refractivity contribution >= 4 is 23.7 Å². The first-order valence-corrected chi connectivity index (χ1v) is 14.5. The van der Waals surface area contributed by atoms with Crippen molar-refractivity contribution < 1.29 is 28.8 Å². The van der Waals surface area contributed by atoms with Gasteiger partial charge in [-0.1, -0.05) is 86.6 Å². The summed E-state index contributed by atoms with van der Waals surface area (Å²) in [5.74, 6) is -2.81. The topological polar surface area (TPSA) is 123 Å². The first kappa shape index (κ1) is 33.0.